The summed E-state index contributed by atoms with van der Waals surface area (Å²) in [6.07, 6.45) is 0. The molecule has 0 unspecified atom stereocenters. The van der Waals surface area contributed by atoms with Gasteiger partial charge in [0.1, 0.15) is 0 Å². The fraction of sp³-hybridized carbons (Fsp3) is 0.0909. The van der Waals surface area contributed by atoms with Crippen LogP contribution in [0.2, 0.25) is 0 Å². The second-order valence-electron chi connectivity index (χ2n) is 6.42. The van der Waals surface area contributed by atoms with Crippen LogP contribution in [0.4, 0.5) is 5.69 Å². The van der Waals surface area contributed by atoms with Crippen LogP contribution in [0.25, 0.3) is 16.4 Å². The highest BCUT2D eigenvalue weighted by Gasteiger charge is 2.17. The van der Waals surface area contributed by atoms with Gasteiger partial charge in [-0.15, -0.1) is 21.5 Å². The minimum absolute atomic E-state index is 0.00905. The lowest BCUT2D eigenvalue weighted by molar-refractivity contribution is -0.113. The Labute approximate surface area is 182 Å². The third-order valence-electron chi connectivity index (χ3n) is 4.30. The first-order valence-corrected chi connectivity index (χ1v) is 11.1. The second-order valence-corrected chi connectivity index (χ2v) is 8.32. The number of amides is 1. The molecule has 0 aliphatic heterocycles. The minimum atomic E-state index is -0.157. The number of ketones is 1. The molecule has 0 fully saturated rings. The number of aromatic nitrogens is 3. The molecule has 8 heteroatoms. The molecule has 2 aromatic heterocycles. The average molecular weight is 435 g/mol. The van der Waals surface area contributed by atoms with Crippen molar-refractivity contribution in [1.29, 1.82) is 0 Å². The first kappa shape index (κ1) is 20.1. The van der Waals surface area contributed by atoms with E-state index in [0.29, 0.717) is 16.4 Å². The zero-order chi connectivity index (χ0) is 20.9. The maximum atomic E-state index is 12.4. The quantitative estimate of drug-likeness (QED) is 0.330. The summed E-state index contributed by atoms with van der Waals surface area (Å²) in [6.45, 7) is 1.51. The third-order valence-corrected chi connectivity index (χ3v) is 6.09. The highest BCUT2D eigenvalue weighted by atomic mass is 32.2. The van der Waals surface area contributed by atoms with Crippen LogP contribution in [0.1, 0.15) is 17.3 Å². The molecule has 0 saturated carbocycles. The summed E-state index contributed by atoms with van der Waals surface area (Å²) in [5.41, 5.74) is 2.20. The molecule has 0 aliphatic rings. The molecule has 0 aliphatic carbocycles. The van der Waals surface area contributed by atoms with Crippen molar-refractivity contribution in [1.82, 2.24) is 14.8 Å². The maximum absolute atomic E-state index is 12.4. The van der Waals surface area contributed by atoms with Crippen LogP contribution in [0.5, 0.6) is 0 Å². The molecule has 30 heavy (non-hydrogen) atoms. The number of thioether (sulfide) groups is 1. The molecule has 0 radical (unpaired) electrons. The topological polar surface area (TPSA) is 76.9 Å². The van der Waals surface area contributed by atoms with Crippen LogP contribution in [-0.2, 0) is 4.79 Å². The number of anilines is 1. The van der Waals surface area contributed by atoms with Gasteiger partial charge in [0.2, 0.25) is 5.91 Å². The first-order chi connectivity index (χ1) is 14.6. The number of thiophene rings is 1. The summed E-state index contributed by atoms with van der Waals surface area (Å²) in [5.74, 6) is 0.768. The summed E-state index contributed by atoms with van der Waals surface area (Å²) < 4.78 is 1.96. The minimum Gasteiger partial charge on any atom is -0.325 e. The summed E-state index contributed by atoms with van der Waals surface area (Å²) >= 11 is 2.91. The van der Waals surface area contributed by atoms with E-state index in [4.69, 9.17) is 0 Å². The Kier molecular flexibility index (Phi) is 6.06. The van der Waals surface area contributed by atoms with E-state index in [2.05, 4.69) is 15.5 Å². The number of carbonyl (C=O) groups is 2. The molecule has 0 atom stereocenters. The molecule has 2 heterocycles. The van der Waals surface area contributed by atoms with Crippen LogP contribution in [0.15, 0.2) is 77.3 Å². The number of hydrogen-bond donors (Lipinski definition) is 1. The lowest BCUT2D eigenvalue weighted by Gasteiger charge is -2.09. The van der Waals surface area contributed by atoms with Crippen molar-refractivity contribution in [2.75, 3.05) is 11.1 Å². The van der Waals surface area contributed by atoms with E-state index < -0.39 is 0 Å². The van der Waals surface area contributed by atoms with E-state index in [0.717, 1.165) is 16.4 Å². The van der Waals surface area contributed by atoms with Crippen molar-refractivity contribution >= 4 is 40.5 Å². The maximum Gasteiger partial charge on any atom is 0.234 e. The average Bonchev–Trinajstić information content (AvgIpc) is 3.43. The monoisotopic (exact) mass is 434 g/mol. The molecular formula is C22H18N4O2S2. The van der Waals surface area contributed by atoms with E-state index in [9.17, 15) is 9.59 Å². The number of carbonyl (C=O) groups excluding carboxylic acids is 2. The van der Waals surface area contributed by atoms with Gasteiger partial charge in [0.05, 0.1) is 10.6 Å². The summed E-state index contributed by atoms with van der Waals surface area (Å²) in [6, 6.07) is 20.7. The van der Waals surface area contributed by atoms with Gasteiger partial charge in [-0.05, 0) is 54.8 Å². The first-order valence-electron chi connectivity index (χ1n) is 9.20. The predicted molar refractivity (Wildman–Crippen MR) is 120 cm³/mol. The molecular weight excluding hydrogens is 416 g/mol. The molecule has 0 bridgehead atoms. The number of para-hydroxylation sites is 1. The number of Topliss-reactive ketones (excluding diaryl/α,β-unsaturated/α-hetero) is 1. The Hall–Kier alpha value is -3.23. The van der Waals surface area contributed by atoms with Gasteiger partial charge in [-0.2, -0.15) is 0 Å². The van der Waals surface area contributed by atoms with E-state index in [-0.39, 0.29) is 17.4 Å². The van der Waals surface area contributed by atoms with E-state index in [1.54, 1.807) is 35.6 Å². The van der Waals surface area contributed by atoms with Crippen LogP contribution in [-0.4, -0.2) is 32.2 Å². The normalized spacial score (nSPS) is 10.7. The molecule has 4 rings (SSSR count). The van der Waals surface area contributed by atoms with Crippen LogP contribution < -0.4 is 5.32 Å². The lowest BCUT2D eigenvalue weighted by atomic mass is 10.1. The zero-order valence-electron chi connectivity index (χ0n) is 16.1. The van der Waals surface area contributed by atoms with Crippen molar-refractivity contribution in [2.45, 2.75) is 12.1 Å². The largest absolute Gasteiger partial charge is 0.325 e. The third kappa shape index (κ3) is 4.50. The Morgan fingerprint density at radius 3 is 2.43 bits per heavy atom. The highest BCUT2D eigenvalue weighted by molar-refractivity contribution is 7.99. The van der Waals surface area contributed by atoms with E-state index >= 15 is 0 Å². The second kappa shape index (κ2) is 9.06. The van der Waals surface area contributed by atoms with Crippen LogP contribution >= 0.6 is 23.1 Å². The number of nitrogens with zero attached hydrogens (tertiary/aromatic N) is 3. The number of benzene rings is 2. The smallest absolute Gasteiger partial charge is 0.234 e. The van der Waals surface area contributed by atoms with Gasteiger partial charge < -0.3 is 5.32 Å². The van der Waals surface area contributed by atoms with Gasteiger partial charge in [0.15, 0.2) is 16.8 Å². The lowest BCUT2D eigenvalue weighted by Crippen LogP contribution is -2.14. The van der Waals surface area contributed by atoms with Gasteiger partial charge in [-0.3, -0.25) is 14.2 Å². The summed E-state index contributed by atoms with van der Waals surface area (Å²) in [4.78, 5) is 24.8. The van der Waals surface area contributed by atoms with Gasteiger partial charge in [-0.1, -0.05) is 36.0 Å². The standard InChI is InChI=1S/C22H18N4O2S2/c1-15(27)16-9-11-17(12-10-16)23-20(28)14-30-22-25-24-21(19-8-5-13-29-19)26(22)18-6-3-2-4-7-18/h2-13H,14H2,1H3,(H,23,28). The molecule has 1 amide bonds. The Balaban J connectivity index is 1.50. The SMILES string of the molecule is CC(=O)c1ccc(NC(=O)CSc2nnc(-c3cccs3)n2-c2ccccc2)cc1. The molecule has 6 nitrogen and oxygen atoms in total. The number of rotatable bonds is 7. The van der Waals surface area contributed by atoms with E-state index in [1.165, 1.54) is 18.7 Å². The fourth-order valence-electron chi connectivity index (χ4n) is 2.85. The zero-order valence-corrected chi connectivity index (χ0v) is 17.7. The van der Waals surface area contributed by atoms with Crippen molar-refractivity contribution in [3.8, 4) is 16.4 Å². The predicted octanol–water partition coefficient (Wildman–Crippen LogP) is 4.93. The summed E-state index contributed by atoms with van der Waals surface area (Å²) in [5, 5.41) is 14.2. The van der Waals surface area contributed by atoms with Crippen molar-refractivity contribution < 1.29 is 9.59 Å². The number of hydrogen-bond acceptors (Lipinski definition) is 6. The molecule has 1 N–H and O–H groups in total. The van der Waals surface area contributed by atoms with Gasteiger partial charge in [0, 0.05) is 16.9 Å². The molecule has 0 spiro atoms. The Morgan fingerprint density at radius 2 is 1.77 bits per heavy atom. The van der Waals surface area contributed by atoms with Gasteiger partial charge in [0.25, 0.3) is 0 Å². The van der Waals surface area contributed by atoms with Crippen molar-refractivity contribution in [3.63, 3.8) is 0 Å². The van der Waals surface area contributed by atoms with Crippen LogP contribution in [0.3, 0.4) is 0 Å². The Bertz CT molecular complexity index is 1150. The van der Waals surface area contributed by atoms with Gasteiger partial charge >= 0.3 is 0 Å². The van der Waals surface area contributed by atoms with Crippen molar-refractivity contribution in [2.24, 2.45) is 0 Å². The van der Waals surface area contributed by atoms with E-state index in [1.807, 2.05) is 52.4 Å². The molecule has 150 valence electrons. The summed E-state index contributed by atoms with van der Waals surface area (Å²) in [7, 11) is 0. The molecule has 0 saturated heterocycles. The highest BCUT2D eigenvalue weighted by Crippen LogP contribution is 2.30. The van der Waals surface area contributed by atoms with Crippen molar-refractivity contribution in [3.05, 3.63) is 77.7 Å². The molecule has 2 aromatic carbocycles. The van der Waals surface area contributed by atoms with Gasteiger partial charge in [-0.25, -0.2) is 0 Å². The van der Waals surface area contributed by atoms with Crippen LogP contribution in [0, 0.1) is 0 Å². The fourth-order valence-corrected chi connectivity index (χ4v) is 4.30. The number of nitrogens with one attached hydrogen (secondary N) is 1. The Morgan fingerprint density at radius 1 is 1.00 bits per heavy atom. The molecule has 4 aromatic rings.